The summed E-state index contributed by atoms with van der Waals surface area (Å²) in [4.78, 5) is 11.7. The SMILES string of the molecule is CCC(C)CC(C)NC1CCCCNC1=O. The van der Waals surface area contributed by atoms with E-state index in [1.165, 1.54) is 6.42 Å². The maximum absolute atomic E-state index is 11.7. The van der Waals surface area contributed by atoms with E-state index in [4.69, 9.17) is 0 Å². The predicted octanol–water partition coefficient (Wildman–Crippen LogP) is 2.07. The van der Waals surface area contributed by atoms with Crippen molar-refractivity contribution in [3.05, 3.63) is 0 Å². The number of carbonyl (C=O) groups is 1. The molecule has 0 aromatic rings. The van der Waals surface area contributed by atoms with Gasteiger partial charge in [-0.1, -0.05) is 20.3 Å². The molecule has 1 saturated heterocycles. The molecule has 0 bridgehead atoms. The Morgan fingerprint density at radius 1 is 1.44 bits per heavy atom. The third-order valence-corrected chi connectivity index (χ3v) is 3.47. The van der Waals surface area contributed by atoms with Gasteiger partial charge in [0.1, 0.15) is 0 Å². The summed E-state index contributed by atoms with van der Waals surface area (Å²) in [6.07, 6.45) is 5.61. The second-order valence-corrected chi connectivity index (χ2v) is 5.16. The van der Waals surface area contributed by atoms with Gasteiger partial charge in [-0.05, 0) is 38.5 Å². The van der Waals surface area contributed by atoms with Crippen LogP contribution in [0, 0.1) is 5.92 Å². The largest absolute Gasteiger partial charge is 0.355 e. The fourth-order valence-electron chi connectivity index (χ4n) is 2.28. The van der Waals surface area contributed by atoms with Crippen molar-refractivity contribution in [1.29, 1.82) is 0 Å². The zero-order chi connectivity index (χ0) is 12.0. The Morgan fingerprint density at radius 3 is 2.88 bits per heavy atom. The van der Waals surface area contributed by atoms with Crippen LogP contribution in [0.15, 0.2) is 0 Å². The summed E-state index contributed by atoms with van der Waals surface area (Å²) in [6, 6.07) is 0.463. The molecular weight excluding hydrogens is 200 g/mol. The molecule has 0 spiro atoms. The van der Waals surface area contributed by atoms with Crippen LogP contribution in [0.4, 0.5) is 0 Å². The van der Waals surface area contributed by atoms with Crippen LogP contribution < -0.4 is 10.6 Å². The van der Waals surface area contributed by atoms with Gasteiger partial charge in [0.2, 0.25) is 5.91 Å². The van der Waals surface area contributed by atoms with Crippen molar-refractivity contribution in [3.63, 3.8) is 0 Å². The number of nitrogens with one attached hydrogen (secondary N) is 2. The van der Waals surface area contributed by atoms with E-state index in [9.17, 15) is 4.79 Å². The van der Waals surface area contributed by atoms with Crippen LogP contribution in [0.1, 0.15) is 52.9 Å². The summed E-state index contributed by atoms with van der Waals surface area (Å²) in [5.41, 5.74) is 0. The van der Waals surface area contributed by atoms with Crippen molar-refractivity contribution in [2.24, 2.45) is 5.92 Å². The predicted molar refractivity (Wildman–Crippen MR) is 67.3 cm³/mol. The molecule has 0 aromatic carbocycles. The monoisotopic (exact) mass is 226 g/mol. The molecule has 1 heterocycles. The van der Waals surface area contributed by atoms with Crippen molar-refractivity contribution in [2.45, 2.75) is 65.0 Å². The molecule has 3 heteroatoms. The molecule has 3 unspecified atom stereocenters. The maximum Gasteiger partial charge on any atom is 0.237 e. The van der Waals surface area contributed by atoms with Gasteiger partial charge in [-0.15, -0.1) is 0 Å². The van der Waals surface area contributed by atoms with E-state index in [0.717, 1.165) is 38.1 Å². The van der Waals surface area contributed by atoms with Crippen LogP contribution in [0.3, 0.4) is 0 Å². The van der Waals surface area contributed by atoms with Crippen LogP contribution in [0.5, 0.6) is 0 Å². The molecule has 16 heavy (non-hydrogen) atoms. The molecule has 2 N–H and O–H groups in total. The van der Waals surface area contributed by atoms with Crippen LogP contribution in [-0.2, 0) is 4.79 Å². The summed E-state index contributed by atoms with van der Waals surface area (Å²) in [5.74, 6) is 0.921. The van der Waals surface area contributed by atoms with Crippen LogP contribution >= 0.6 is 0 Å². The molecule has 1 fully saturated rings. The quantitative estimate of drug-likeness (QED) is 0.753. The summed E-state index contributed by atoms with van der Waals surface area (Å²) >= 11 is 0. The number of amides is 1. The molecule has 94 valence electrons. The fraction of sp³-hybridized carbons (Fsp3) is 0.923. The topological polar surface area (TPSA) is 41.1 Å². The second kappa shape index (κ2) is 6.89. The highest BCUT2D eigenvalue weighted by Crippen LogP contribution is 2.12. The minimum Gasteiger partial charge on any atom is -0.355 e. The Bertz CT molecular complexity index is 218. The van der Waals surface area contributed by atoms with Gasteiger partial charge < -0.3 is 10.6 Å². The van der Waals surface area contributed by atoms with E-state index in [1.807, 2.05) is 0 Å². The van der Waals surface area contributed by atoms with Gasteiger partial charge in [-0.3, -0.25) is 4.79 Å². The first kappa shape index (κ1) is 13.5. The molecule has 3 nitrogen and oxygen atoms in total. The minimum atomic E-state index is 0.0292. The van der Waals surface area contributed by atoms with Crippen LogP contribution in [0.25, 0.3) is 0 Å². The summed E-state index contributed by atoms with van der Waals surface area (Å²) in [7, 11) is 0. The Hall–Kier alpha value is -0.570. The second-order valence-electron chi connectivity index (χ2n) is 5.16. The Morgan fingerprint density at radius 2 is 2.19 bits per heavy atom. The molecule has 0 aliphatic carbocycles. The van der Waals surface area contributed by atoms with Gasteiger partial charge in [0.05, 0.1) is 6.04 Å². The van der Waals surface area contributed by atoms with E-state index < -0.39 is 0 Å². The number of rotatable bonds is 5. The van der Waals surface area contributed by atoms with E-state index in [-0.39, 0.29) is 11.9 Å². The zero-order valence-electron chi connectivity index (χ0n) is 10.9. The smallest absolute Gasteiger partial charge is 0.237 e. The average Bonchev–Trinajstić information content (AvgIpc) is 2.44. The summed E-state index contributed by atoms with van der Waals surface area (Å²) in [5, 5.41) is 6.43. The average molecular weight is 226 g/mol. The van der Waals surface area contributed by atoms with Crippen molar-refractivity contribution in [2.75, 3.05) is 6.54 Å². The van der Waals surface area contributed by atoms with Gasteiger partial charge in [-0.25, -0.2) is 0 Å². The molecule has 1 rings (SSSR count). The molecule has 1 aliphatic rings. The van der Waals surface area contributed by atoms with Gasteiger partial charge in [0, 0.05) is 12.6 Å². The molecular formula is C13H26N2O. The lowest BCUT2D eigenvalue weighted by Gasteiger charge is -2.23. The van der Waals surface area contributed by atoms with Crippen molar-refractivity contribution < 1.29 is 4.79 Å². The van der Waals surface area contributed by atoms with E-state index in [2.05, 4.69) is 31.4 Å². The first-order valence-electron chi connectivity index (χ1n) is 6.67. The molecule has 0 radical (unpaired) electrons. The zero-order valence-corrected chi connectivity index (χ0v) is 10.9. The summed E-state index contributed by atoms with van der Waals surface area (Å²) < 4.78 is 0. The number of hydrogen-bond acceptors (Lipinski definition) is 2. The van der Waals surface area contributed by atoms with Crippen molar-refractivity contribution >= 4 is 5.91 Å². The van der Waals surface area contributed by atoms with E-state index in [1.54, 1.807) is 0 Å². The Labute approximate surface area is 99.4 Å². The third-order valence-electron chi connectivity index (χ3n) is 3.47. The highest BCUT2D eigenvalue weighted by molar-refractivity contribution is 5.81. The van der Waals surface area contributed by atoms with E-state index in [0.29, 0.717) is 6.04 Å². The van der Waals surface area contributed by atoms with Crippen LogP contribution in [0.2, 0.25) is 0 Å². The Balaban J connectivity index is 2.35. The lowest BCUT2D eigenvalue weighted by molar-refractivity contribution is -0.123. The van der Waals surface area contributed by atoms with Crippen molar-refractivity contribution in [3.8, 4) is 0 Å². The highest BCUT2D eigenvalue weighted by Gasteiger charge is 2.22. The van der Waals surface area contributed by atoms with Gasteiger partial charge in [0.25, 0.3) is 0 Å². The van der Waals surface area contributed by atoms with Crippen LogP contribution in [-0.4, -0.2) is 24.5 Å². The lowest BCUT2D eigenvalue weighted by Crippen LogP contribution is -2.46. The first-order chi connectivity index (χ1) is 7.63. The first-order valence-corrected chi connectivity index (χ1v) is 6.67. The fourth-order valence-corrected chi connectivity index (χ4v) is 2.28. The van der Waals surface area contributed by atoms with Gasteiger partial charge in [-0.2, -0.15) is 0 Å². The lowest BCUT2D eigenvalue weighted by atomic mass is 9.99. The number of carbonyl (C=O) groups excluding carboxylic acids is 1. The molecule has 3 atom stereocenters. The molecule has 0 aromatic heterocycles. The minimum absolute atomic E-state index is 0.0292. The maximum atomic E-state index is 11.7. The van der Waals surface area contributed by atoms with E-state index >= 15 is 0 Å². The molecule has 1 aliphatic heterocycles. The number of hydrogen-bond donors (Lipinski definition) is 2. The van der Waals surface area contributed by atoms with Crippen molar-refractivity contribution in [1.82, 2.24) is 10.6 Å². The highest BCUT2D eigenvalue weighted by atomic mass is 16.2. The van der Waals surface area contributed by atoms with Gasteiger partial charge >= 0.3 is 0 Å². The summed E-state index contributed by atoms with van der Waals surface area (Å²) in [6.45, 7) is 7.52. The molecule has 1 amide bonds. The molecule has 0 saturated carbocycles. The Kier molecular flexibility index (Phi) is 5.81. The standard InChI is InChI=1S/C13H26N2O/c1-4-10(2)9-11(3)15-12-7-5-6-8-14-13(12)16/h10-12,15H,4-9H2,1-3H3,(H,14,16). The normalized spacial score (nSPS) is 25.7. The van der Waals surface area contributed by atoms with Gasteiger partial charge in [0.15, 0.2) is 0 Å². The third kappa shape index (κ3) is 4.52.